The van der Waals surface area contributed by atoms with Crippen LogP contribution in [0.4, 0.5) is 4.39 Å². The molecule has 0 aliphatic carbocycles. The van der Waals surface area contributed by atoms with Crippen molar-refractivity contribution in [1.29, 1.82) is 0 Å². The third-order valence-corrected chi connectivity index (χ3v) is 2.44. The Hall–Kier alpha value is -0.890. The molecular formula is C12H14ClFO. The molecule has 0 aliphatic heterocycles. The Morgan fingerprint density at radius 3 is 2.47 bits per heavy atom. The minimum Gasteiger partial charge on any atom is -0.299 e. The van der Waals surface area contributed by atoms with Gasteiger partial charge in [-0.1, -0.05) is 38.4 Å². The van der Waals surface area contributed by atoms with Gasteiger partial charge in [0.05, 0.1) is 0 Å². The first-order valence-electron chi connectivity index (χ1n) is 4.78. The molecule has 3 heteroatoms. The van der Waals surface area contributed by atoms with Gasteiger partial charge in [-0.2, -0.15) is 0 Å². The molecule has 0 fully saturated rings. The Balaban J connectivity index is 2.87. The maximum Gasteiger partial charge on any atom is 0.142 e. The topological polar surface area (TPSA) is 17.1 Å². The van der Waals surface area contributed by atoms with Crippen LogP contribution >= 0.6 is 11.6 Å². The average molecular weight is 229 g/mol. The van der Waals surface area contributed by atoms with E-state index in [1.807, 2.05) is 20.8 Å². The van der Waals surface area contributed by atoms with E-state index in [-0.39, 0.29) is 12.2 Å². The van der Waals surface area contributed by atoms with Crippen LogP contribution < -0.4 is 0 Å². The molecule has 0 aromatic heterocycles. The first kappa shape index (κ1) is 12.2. The Bertz CT molecular complexity index is 380. The van der Waals surface area contributed by atoms with Gasteiger partial charge in [-0.05, 0) is 17.7 Å². The van der Waals surface area contributed by atoms with Crippen molar-refractivity contribution < 1.29 is 9.18 Å². The lowest BCUT2D eigenvalue weighted by Gasteiger charge is -2.16. The maximum absolute atomic E-state index is 13.4. The molecule has 1 rings (SSSR count). The maximum atomic E-state index is 13.4. The van der Waals surface area contributed by atoms with Crippen molar-refractivity contribution in [3.8, 4) is 0 Å². The van der Waals surface area contributed by atoms with Gasteiger partial charge in [0.15, 0.2) is 0 Å². The monoisotopic (exact) mass is 228 g/mol. The smallest absolute Gasteiger partial charge is 0.142 e. The van der Waals surface area contributed by atoms with E-state index in [0.29, 0.717) is 10.6 Å². The summed E-state index contributed by atoms with van der Waals surface area (Å²) in [5.41, 5.74) is -0.0363. The zero-order valence-corrected chi connectivity index (χ0v) is 9.86. The van der Waals surface area contributed by atoms with Gasteiger partial charge in [-0.15, -0.1) is 0 Å². The van der Waals surface area contributed by atoms with Crippen molar-refractivity contribution in [3.63, 3.8) is 0 Å². The van der Waals surface area contributed by atoms with E-state index in [2.05, 4.69) is 0 Å². The normalized spacial score (nSPS) is 11.5. The third kappa shape index (κ3) is 3.31. The summed E-state index contributed by atoms with van der Waals surface area (Å²) >= 11 is 5.62. The van der Waals surface area contributed by atoms with Crippen LogP contribution in [0.25, 0.3) is 0 Å². The predicted molar refractivity (Wildman–Crippen MR) is 59.6 cm³/mol. The summed E-state index contributed by atoms with van der Waals surface area (Å²) in [4.78, 5) is 11.7. The lowest BCUT2D eigenvalue weighted by atomic mass is 9.87. The number of halogens is 2. The van der Waals surface area contributed by atoms with E-state index < -0.39 is 11.2 Å². The number of carbonyl (C=O) groups is 1. The fourth-order valence-electron chi connectivity index (χ4n) is 1.10. The molecule has 1 aromatic rings. The molecule has 0 radical (unpaired) electrons. The zero-order chi connectivity index (χ0) is 11.6. The number of hydrogen-bond donors (Lipinski definition) is 0. The molecule has 0 spiro atoms. The van der Waals surface area contributed by atoms with Crippen LogP contribution in [0, 0.1) is 11.2 Å². The van der Waals surface area contributed by atoms with Crippen LogP contribution in [0.3, 0.4) is 0 Å². The molecule has 0 N–H and O–H groups in total. The second-order valence-corrected chi connectivity index (χ2v) is 5.02. The largest absolute Gasteiger partial charge is 0.299 e. The molecule has 0 amide bonds. The Labute approximate surface area is 94.3 Å². The van der Waals surface area contributed by atoms with E-state index in [9.17, 15) is 9.18 Å². The minimum absolute atomic E-state index is 0.0173. The fraction of sp³-hybridized carbons (Fsp3) is 0.417. The highest BCUT2D eigenvalue weighted by Gasteiger charge is 2.22. The lowest BCUT2D eigenvalue weighted by molar-refractivity contribution is -0.125. The minimum atomic E-state index is -0.438. The first-order valence-corrected chi connectivity index (χ1v) is 5.16. The predicted octanol–water partition coefficient (Wildman–Crippen LogP) is 3.64. The van der Waals surface area contributed by atoms with Crippen molar-refractivity contribution in [2.75, 3.05) is 0 Å². The second kappa shape index (κ2) is 4.31. The van der Waals surface area contributed by atoms with E-state index in [1.54, 1.807) is 12.1 Å². The van der Waals surface area contributed by atoms with Crippen LogP contribution in [0.5, 0.6) is 0 Å². The highest BCUT2D eigenvalue weighted by atomic mass is 35.5. The van der Waals surface area contributed by atoms with Crippen molar-refractivity contribution in [3.05, 3.63) is 34.6 Å². The van der Waals surface area contributed by atoms with Gasteiger partial charge < -0.3 is 0 Å². The zero-order valence-electron chi connectivity index (χ0n) is 9.10. The Morgan fingerprint density at radius 2 is 2.00 bits per heavy atom. The van der Waals surface area contributed by atoms with E-state index in [4.69, 9.17) is 11.6 Å². The van der Waals surface area contributed by atoms with Crippen LogP contribution in [0.2, 0.25) is 5.02 Å². The van der Waals surface area contributed by atoms with Crippen molar-refractivity contribution in [1.82, 2.24) is 0 Å². The third-order valence-electron chi connectivity index (χ3n) is 2.20. The summed E-state index contributed by atoms with van der Waals surface area (Å²) in [6.45, 7) is 5.47. The fourth-order valence-corrected chi connectivity index (χ4v) is 1.26. The summed E-state index contributed by atoms with van der Waals surface area (Å²) in [6, 6.07) is 4.38. The second-order valence-electron chi connectivity index (χ2n) is 4.59. The SMILES string of the molecule is CC(C)(C)C(=O)Cc1ccc(Cl)cc1F. The Morgan fingerprint density at radius 1 is 1.40 bits per heavy atom. The quantitative estimate of drug-likeness (QED) is 0.756. The van der Waals surface area contributed by atoms with Crippen LogP contribution in [0.15, 0.2) is 18.2 Å². The van der Waals surface area contributed by atoms with Gasteiger partial charge in [-0.25, -0.2) is 4.39 Å². The highest BCUT2D eigenvalue weighted by Crippen LogP contribution is 2.20. The molecule has 0 aliphatic rings. The summed E-state index contributed by atoms with van der Waals surface area (Å²) < 4.78 is 13.4. The van der Waals surface area contributed by atoms with Gasteiger partial charge in [0.1, 0.15) is 11.6 Å². The molecular weight excluding hydrogens is 215 g/mol. The number of benzene rings is 1. The summed E-state index contributed by atoms with van der Waals surface area (Å²) in [7, 11) is 0. The van der Waals surface area contributed by atoms with Crippen molar-refractivity contribution in [2.45, 2.75) is 27.2 Å². The van der Waals surface area contributed by atoms with Gasteiger partial charge >= 0.3 is 0 Å². The average Bonchev–Trinajstić information content (AvgIpc) is 2.08. The van der Waals surface area contributed by atoms with Crippen LogP contribution in [-0.4, -0.2) is 5.78 Å². The van der Waals surface area contributed by atoms with E-state index in [1.165, 1.54) is 6.07 Å². The van der Waals surface area contributed by atoms with Crippen LogP contribution in [-0.2, 0) is 11.2 Å². The highest BCUT2D eigenvalue weighted by molar-refractivity contribution is 6.30. The van der Waals surface area contributed by atoms with Crippen LogP contribution in [0.1, 0.15) is 26.3 Å². The Kier molecular flexibility index (Phi) is 3.50. The lowest BCUT2D eigenvalue weighted by Crippen LogP contribution is -2.22. The number of carbonyl (C=O) groups excluding carboxylic acids is 1. The number of Topliss-reactive ketones (excluding diaryl/α,β-unsaturated/α-hetero) is 1. The molecule has 0 bridgehead atoms. The number of hydrogen-bond acceptors (Lipinski definition) is 1. The van der Waals surface area contributed by atoms with E-state index >= 15 is 0 Å². The molecule has 82 valence electrons. The van der Waals surface area contributed by atoms with Gasteiger partial charge in [0.25, 0.3) is 0 Å². The first-order chi connectivity index (χ1) is 6.80. The molecule has 0 saturated heterocycles. The molecule has 15 heavy (non-hydrogen) atoms. The molecule has 0 heterocycles. The standard InChI is InChI=1S/C12H14ClFO/c1-12(2,3)11(15)6-8-4-5-9(13)7-10(8)14/h4-5,7H,6H2,1-3H3. The van der Waals surface area contributed by atoms with Gasteiger partial charge in [0, 0.05) is 16.9 Å². The summed E-state index contributed by atoms with van der Waals surface area (Å²) in [5, 5.41) is 0.347. The molecule has 1 aromatic carbocycles. The summed E-state index contributed by atoms with van der Waals surface area (Å²) in [5.74, 6) is -0.399. The van der Waals surface area contributed by atoms with Crippen molar-refractivity contribution >= 4 is 17.4 Å². The summed E-state index contributed by atoms with van der Waals surface area (Å²) in [6.07, 6.45) is 0.118. The van der Waals surface area contributed by atoms with Crippen molar-refractivity contribution in [2.24, 2.45) is 5.41 Å². The molecule has 0 atom stereocenters. The molecule has 0 unspecified atom stereocenters. The van der Waals surface area contributed by atoms with Gasteiger partial charge in [0.2, 0.25) is 0 Å². The van der Waals surface area contributed by atoms with E-state index in [0.717, 1.165) is 0 Å². The molecule has 0 saturated carbocycles. The molecule has 1 nitrogen and oxygen atoms in total. The van der Waals surface area contributed by atoms with Gasteiger partial charge in [-0.3, -0.25) is 4.79 Å². The number of ketones is 1. The number of rotatable bonds is 2.